The number of rotatable bonds is 11. The summed E-state index contributed by atoms with van der Waals surface area (Å²) < 4.78 is 22.8. The average molecular weight is 617 g/mol. The van der Waals surface area contributed by atoms with Gasteiger partial charge >= 0.3 is 0 Å². The molecule has 0 spiro atoms. The molecular formula is C31H52O12. The Morgan fingerprint density at radius 2 is 1.53 bits per heavy atom. The van der Waals surface area contributed by atoms with Crippen molar-refractivity contribution in [2.75, 3.05) is 26.4 Å². The molecule has 0 radical (unpaired) electrons. The topological polar surface area (TPSA) is 199 Å². The van der Waals surface area contributed by atoms with Gasteiger partial charge in [0.05, 0.1) is 32.5 Å². The minimum atomic E-state index is -1.62. The van der Waals surface area contributed by atoms with E-state index in [1.54, 1.807) is 0 Å². The van der Waals surface area contributed by atoms with Crippen molar-refractivity contribution in [1.82, 2.24) is 0 Å². The highest BCUT2D eigenvalue weighted by Gasteiger charge is 2.58. The number of aliphatic hydroxyl groups is 8. The Kier molecular flexibility index (Phi) is 11.5. The minimum Gasteiger partial charge on any atom is -0.394 e. The summed E-state index contributed by atoms with van der Waals surface area (Å²) in [5, 5.41) is 81.9. The third kappa shape index (κ3) is 6.91. The van der Waals surface area contributed by atoms with Gasteiger partial charge in [0.15, 0.2) is 12.6 Å². The molecule has 2 aliphatic heterocycles. The summed E-state index contributed by atoms with van der Waals surface area (Å²) in [4.78, 5) is 0. The van der Waals surface area contributed by atoms with Gasteiger partial charge in [-0.3, -0.25) is 0 Å². The molecule has 2 aliphatic carbocycles. The number of allylic oxidation sites excluding steroid dienone is 2. The number of hydrogen-bond donors (Lipinski definition) is 8. The lowest BCUT2D eigenvalue weighted by molar-refractivity contribution is -0.320. The maximum atomic E-state index is 11.3. The van der Waals surface area contributed by atoms with Gasteiger partial charge in [-0.15, -0.1) is 0 Å². The fourth-order valence-corrected chi connectivity index (χ4v) is 7.99. The van der Waals surface area contributed by atoms with E-state index in [9.17, 15) is 40.9 Å². The normalized spacial score (nSPS) is 47.5. The molecule has 248 valence electrons. The smallest absolute Gasteiger partial charge is 0.186 e. The van der Waals surface area contributed by atoms with Crippen LogP contribution in [0.4, 0.5) is 0 Å². The molecule has 14 atom stereocenters. The van der Waals surface area contributed by atoms with Crippen LogP contribution < -0.4 is 0 Å². The largest absolute Gasteiger partial charge is 0.394 e. The molecule has 12 nitrogen and oxygen atoms in total. The van der Waals surface area contributed by atoms with Crippen LogP contribution in [-0.4, -0.2) is 129 Å². The van der Waals surface area contributed by atoms with Crippen LogP contribution in [0.5, 0.6) is 0 Å². The lowest BCUT2D eigenvalue weighted by Crippen LogP contribution is -2.61. The lowest BCUT2D eigenvalue weighted by Gasteiger charge is -2.60. The number of hydrogen-bond acceptors (Lipinski definition) is 12. The van der Waals surface area contributed by atoms with E-state index in [2.05, 4.69) is 13.5 Å². The summed E-state index contributed by atoms with van der Waals surface area (Å²) in [6, 6.07) is 0. The van der Waals surface area contributed by atoms with Crippen LogP contribution in [0.15, 0.2) is 23.8 Å². The minimum absolute atomic E-state index is 0.0103. The van der Waals surface area contributed by atoms with Gasteiger partial charge in [0.25, 0.3) is 0 Å². The van der Waals surface area contributed by atoms with Gasteiger partial charge in [0.1, 0.15) is 42.7 Å². The summed E-state index contributed by atoms with van der Waals surface area (Å²) in [6.07, 6.45) is -6.43. The molecule has 0 aromatic heterocycles. The Morgan fingerprint density at radius 3 is 2.19 bits per heavy atom. The van der Waals surface area contributed by atoms with Crippen molar-refractivity contribution in [3.63, 3.8) is 0 Å². The average Bonchev–Trinajstić information content (AvgIpc) is 3.25. The van der Waals surface area contributed by atoms with Gasteiger partial charge in [-0.1, -0.05) is 37.6 Å². The first-order chi connectivity index (χ1) is 20.3. The van der Waals surface area contributed by atoms with Crippen molar-refractivity contribution >= 4 is 0 Å². The molecule has 2 saturated heterocycles. The van der Waals surface area contributed by atoms with Crippen LogP contribution in [0.3, 0.4) is 0 Å². The Morgan fingerprint density at radius 1 is 0.907 bits per heavy atom. The highest BCUT2D eigenvalue weighted by atomic mass is 16.7. The molecule has 2 saturated carbocycles. The second kappa shape index (κ2) is 14.2. The van der Waals surface area contributed by atoms with Crippen molar-refractivity contribution in [3.05, 3.63) is 23.8 Å². The summed E-state index contributed by atoms with van der Waals surface area (Å²) in [6.45, 7) is 9.83. The van der Waals surface area contributed by atoms with Gasteiger partial charge in [-0.05, 0) is 62.7 Å². The van der Waals surface area contributed by atoms with E-state index in [1.165, 1.54) is 5.57 Å². The maximum Gasteiger partial charge on any atom is 0.186 e. The number of fused-ring (bicyclic) bond motifs is 1. The van der Waals surface area contributed by atoms with Crippen LogP contribution in [0.1, 0.15) is 59.3 Å². The Bertz CT molecular complexity index is 976. The van der Waals surface area contributed by atoms with Crippen LogP contribution in [0, 0.1) is 22.7 Å². The van der Waals surface area contributed by atoms with Gasteiger partial charge in [0.2, 0.25) is 0 Å². The molecule has 4 fully saturated rings. The Hall–Kier alpha value is -1.00. The number of ether oxygens (including phenoxy) is 4. The van der Waals surface area contributed by atoms with E-state index in [0.717, 1.165) is 37.7 Å². The lowest BCUT2D eigenvalue weighted by atomic mass is 9.46. The molecule has 8 N–H and O–H groups in total. The monoisotopic (exact) mass is 616 g/mol. The van der Waals surface area contributed by atoms with E-state index in [1.807, 2.05) is 19.9 Å². The number of aliphatic hydroxyl groups excluding tert-OH is 8. The Balaban J connectivity index is 1.44. The molecule has 0 bridgehead atoms. The molecule has 4 rings (SSSR count). The van der Waals surface area contributed by atoms with Gasteiger partial charge in [-0.2, -0.15) is 0 Å². The molecule has 0 aromatic carbocycles. The fourth-order valence-electron chi connectivity index (χ4n) is 7.99. The Labute approximate surface area is 253 Å². The molecule has 2 heterocycles. The van der Waals surface area contributed by atoms with E-state index in [4.69, 9.17) is 18.9 Å². The van der Waals surface area contributed by atoms with Crippen LogP contribution in [0.25, 0.3) is 0 Å². The van der Waals surface area contributed by atoms with Gasteiger partial charge in [-0.25, -0.2) is 0 Å². The summed E-state index contributed by atoms with van der Waals surface area (Å²) in [5.41, 5.74) is 1.48. The maximum absolute atomic E-state index is 11.3. The van der Waals surface area contributed by atoms with E-state index in [-0.39, 0.29) is 37.1 Å². The molecule has 0 amide bonds. The molecule has 0 unspecified atom stereocenters. The SMILES string of the molecule is C=C1CC[C@@H]2[C@](C)(CC[C@H](O)[C@@]2(C)CO[C@H]2O[C@@H](CO[C@H]3O[C@@H](CO)[C@@H](O)[C@H]3O)[C@@H](O)[C@@H](O)[C@H]2O)[C@@H]1CC/C(C)=C\CO. The van der Waals surface area contributed by atoms with E-state index in [0.29, 0.717) is 6.42 Å². The predicted octanol–water partition coefficient (Wildman–Crippen LogP) is -0.265. The van der Waals surface area contributed by atoms with Crippen molar-refractivity contribution in [1.29, 1.82) is 0 Å². The zero-order valence-electron chi connectivity index (χ0n) is 25.5. The van der Waals surface area contributed by atoms with Crippen LogP contribution >= 0.6 is 0 Å². The quantitative estimate of drug-likeness (QED) is 0.142. The molecule has 12 heteroatoms. The van der Waals surface area contributed by atoms with Crippen LogP contribution in [-0.2, 0) is 18.9 Å². The first-order valence-electron chi connectivity index (χ1n) is 15.5. The zero-order valence-corrected chi connectivity index (χ0v) is 25.5. The van der Waals surface area contributed by atoms with Gasteiger partial charge in [0, 0.05) is 5.41 Å². The second-order valence-corrected chi connectivity index (χ2v) is 13.5. The highest BCUT2D eigenvalue weighted by molar-refractivity contribution is 5.18. The summed E-state index contributed by atoms with van der Waals surface area (Å²) in [5.74, 6) is 0.302. The van der Waals surface area contributed by atoms with Crippen molar-refractivity contribution in [3.8, 4) is 0 Å². The predicted molar refractivity (Wildman–Crippen MR) is 153 cm³/mol. The molecule has 0 aromatic rings. The molecule has 43 heavy (non-hydrogen) atoms. The van der Waals surface area contributed by atoms with Crippen molar-refractivity contribution in [2.24, 2.45) is 22.7 Å². The van der Waals surface area contributed by atoms with E-state index < -0.39 is 73.4 Å². The fraction of sp³-hybridized carbons (Fsp3) is 0.871. The third-order valence-electron chi connectivity index (χ3n) is 10.8. The standard InChI is InChI=1S/C31H52O12/c1-16(10-12-32)5-7-18-17(2)6-8-21-30(18,3)11-9-22(34)31(21,4)15-41-29-27(39)25(37)24(36)20(43-29)14-40-28-26(38)23(35)19(13-33)42-28/h10,18-29,32-39H,2,5-9,11-15H2,1,3-4H3/b16-10-/t18-,19+,20+,21-,22+,23-,24-,25-,26-,27-,28+,29+,30-,31+/m1/s1. The first kappa shape index (κ1) is 34.9. The van der Waals surface area contributed by atoms with Crippen molar-refractivity contribution < 1.29 is 59.8 Å². The van der Waals surface area contributed by atoms with Gasteiger partial charge < -0.3 is 59.8 Å². The molecule has 4 aliphatic rings. The van der Waals surface area contributed by atoms with Crippen molar-refractivity contribution in [2.45, 2.75) is 121 Å². The van der Waals surface area contributed by atoms with Crippen LogP contribution in [0.2, 0.25) is 0 Å². The zero-order chi connectivity index (χ0) is 31.7. The summed E-state index contributed by atoms with van der Waals surface area (Å²) in [7, 11) is 0. The second-order valence-electron chi connectivity index (χ2n) is 13.5. The molecular weight excluding hydrogens is 564 g/mol. The van der Waals surface area contributed by atoms with E-state index >= 15 is 0 Å². The first-order valence-corrected chi connectivity index (χ1v) is 15.5. The third-order valence-corrected chi connectivity index (χ3v) is 10.8. The highest BCUT2D eigenvalue weighted by Crippen LogP contribution is 2.62. The summed E-state index contributed by atoms with van der Waals surface area (Å²) >= 11 is 0.